The SMILES string of the molecule is COc1ccc2oc3cc(-c4ccccc4)c4c(c3c2c1)C(=O)NC4=O. The molecule has 26 heavy (non-hydrogen) atoms. The number of nitrogens with one attached hydrogen (secondary N) is 1. The molecule has 0 atom stereocenters. The maximum Gasteiger partial charge on any atom is 0.259 e. The Hall–Kier alpha value is -3.60. The monoisotopic (exact) mass is 343 g/mol. The number of imide groups is 1. The molecule has 0 fully saturated rings. The smallest absolute Gasteiger partial charge is 0.259 e. The summed E-state index contributed by atoms with van der Waals surface area (Å²) >= 11 is 0. The van der Waals surface area contributed by atoms with E-state index < -0.39 is 5.91 Å². The zero-order valence-electron chi connectivity index (χ0n) is 13.8. The maximum absolute atomic E-state index is 12.6. The predicted molar refractivity (Wildman–Crippen MR) is 97.5 cm³/mol. The molecule has 1 aliphatic heterocycles. The molecule has 0 bridgehead atoms. The molecule has 3 aromatic carbocycles. The van der Waals surface area contributed by atoms with Crippen LogP contribution in [-0.4, -0.2) is 18.9 Å². The van der Waals surface area contributed by atoms with Gasteiger partial charge in [-0.05, 0) is 35.4 Å². The number of amides is 2. The van der Waals surface area contributed by atoms with Crippen molar-refractivity contribution >= 4 is 33.8 Å². The van der Waals surface area contributed by atoms with Crippen molar-refractivity contribution in [3.8, 4) is 16.9 Å². The van der Waals surface area contributed by atoms with E-state index in [9.17, 15) is 9.59 Å². The molecule has 0 spiro atoms. The third-order valence-electron chi connectivity index (χ3n) is 4.73. The fraction of sp³-hybridized carbons (Fsp3) is 0.0476. The van der Waals surface area contributed by atoms with E-state index in [1.807, 2.05) is 42.5 Å². The summed E-state index contributed by atoms with van der Waals surface area (Å²) < 4.78 is 11.3. The molecule has 126 valence electrons. The number of furan rings is 1. The summed E-state index contributed by atoms with van der Waals surface area (Å²) in [6.45, 7) is 0. The average Bonchev–Trinajstić information content (AvgIpc) is 3.18. The Morgan fingerprint density at radius 1 is 0.885 bits per heavy atom. The molecule has 0 radical (unpaired) electrons. The Morgan fingerprint density at radius 3 is 2.42 bits per heavy atom. The van der Waals surface area contributed by atoms with E-state index in [0.717, 1.165) is 10.9 Å². The predicted octanol–water partition coefficient (Wildman–Crippen LogP) is 4.15. The average molecular weight is 343 g/mol. The van der Waals surface area contributed by atoms with Gasteiger partial charge in [0.15, 0.2) is 0 Å². The molecule has 5 heteroatoms. The summed E-state index contributed by atoms with van der Waals surface area (Å²) in [5, 5.41) is 3.80. The topological polar surface area (TPSA) is 68.5 Å². The second-order valence-electron chi connectivity index (χ2n) is 6.16. The zero-order valence-corrected chi connectivity index (χ0v) is 13.8. The first kappa shape index (κ1) is 14.7. The number of hydrogen-bond donors (Lipinski definition) is 1. The Bertz CT molecular complexity index is 1220. The van der Waals surface area contributed by atoms with Gasteiger partial charge in [-0.3, -0.25) is 14.9 Å². The van der Waals surface area contributed by atoms with Gasteiger partial charge in [0, 0.05) is 10.8 Å². The van der Waals surface area contributed by atoms with E-state index in [0.29, 0.717) is 39.0 Å². The van der Waals surface area contributed by atoms with Gasteiger partial charge in [-0.2, -0.15) is 0 Å². The number of fused-ring (bicyclic) bond motifs is 5. The quantitative estimate of drug-likeness (QED) is 0.555. The van der Waals surface area contributed by atoms with Crippen LogP contribution < -0.4 is 10.1 Å². The Morgan fingerprint density at radius 2 is 1.65 bits per heavy atom. The highest BCUT2D eigenvalue weighted by Gasteiger charge is 2.34. The maximum atomic E-state index is 12.6. The lowest BCUT2D eigenvalue weighted by atomic mass is 9.93. The number of methoxy groups -OCH3 is 1. The van der Waals surface area contributed by atoms with E-state index in [2.05, 4.69) is 5.32 Å². The first-order valence-electron chi connectivity index (χ1n) is 8.15. The number of carbonyl (C=O) groups is 2. The molecule has 4 aromatic rings. The molecule has 1 aromatic heterocycles. The van der Waals surface area contributed by atoms with Crippen molar-refractivity contribution in [2.24, 2.45) is 0 Å². The molecule has 2 amide bonds. The number of hydrogen-bond acceptors (Lipinski definition) is 4. The minimum atomic E-state index is -0.404. The van der Waals surface area contributed by atoms with Crippen LogP contribution in [-0.2, 0) is 0 Å². The van der Waals surface area contributed by atoms with Gasteiger partial charge in [0.2, 0.25) is 0 Å². The van der Waals surface area contributed by atoms with Crippen molar-refractivity contribution in [1.29, 1.82) is 0 Å². The third kappa shape index (κ3) is 1.91. The summed E-state index contributed by atoms with van der Waals surface area (Å²) in [5.41, 5.74) is 3.49. The minimum Gasteiger partial charge on any atom is -0.497 e. The second-order valence-corrected chi connectivity index (χ2v) is 6.16. The lowest BCUT2D eigenvalue weighted by Crippen LogP contribution is -2.20. The van der Waals surface area contributed by atoms with Crippen molar-refractivity contribution in [3.05, 3.63) is 65.7 Å². The number of benzene rings is 3. The lowest BCUT2D eigenvalue weighted by Gasteiger charge is -2.07. The molecule has 1 aliphatic rings. The summed E-state index contributed by atoms with van der Waals surface area (Å²) in [7, 11) is 1.58. The molecule has 0 unspecified atom stereocenters. The first-order valence-corrected chi connectivity index (χ1v) is 8.15. The molecular formula is C21H13NO4. The van der Waals surface area contributed by atoms with E-state index >= 15 is 0 Å². The van der Waals surface area contributed by atoms with Gasteiger partial charge < -0.3 is 9.15 Å². The number of carbonyl (C=O) groups excluding carboxylic acids is 2. The van der Waals surface area contributed by atoms with Gasteiger partial charge in [-0.1, -0.05) is 30.3 Å². The van der Waals surface area contributed by atoms with Gasteiger partial charge in [-0.25, -0.2) is 0 Å². The van der Waals surface area contributed by atoms with Crippen LogP contribution in [0.1, 0.15) is 20.7 Å². The van der Waals surface area contributed by atoms with Gasteiger partial charge in [0.25, 0.3) is 11.8 Å². The largest absolute Gasteiger partial charge is 0.497 e. The van der Waals surface area contributed by atoms with Crippen molar-refractivity contribution in [3.63, 3.8) is 0 Å². The summed E-state index contributed by atoms with van der Waals surface area (Å²) in [5.74, 6) is -0.132. The highest BCUT2D eigenvalue weighted by molar-refractivity contribution is 6.31. The third-order valence-corrected chi connectivity index (χ3v) is 4.73. The van der Waals surface area contributed by atoms with Crippen molar-refractivity contribution in [2.45, 2.75) is 0 Å². The number of ether oxygens (including phenoxy) is 1. The normalized spacial score (nSPS) is 13.3. The van der Waals surface area contributed by atoms with Crippen LogP contribution in [0.5, 0.6) is 5.75 Å². The van der Waals surface area contributed by atoms with E-state index in [1.165, 1.54) is 0 Å². The fourth-order valence-electron chi connectivity index (χ4n) is 3.58. The fourth-order valence-corrected chi connectivity index (χ4v) is 3.58. The molecule has 5 rings (SSSR count). The van der Waals surface area contributed by atoms with Crippen LogP contribution in [0.25, 0.3) is 33.1 Å². The zero-order chi connectivity index (χ0) is 17.8. The van der Waals surface area contributed by atoms with Crippen LogP contribution in [0.3, 0.4) is 0 Å². The Kier molecular flexibility index (Phi) is 2.94. The van der Waals surface area contributed by atoms with Crippen molar-refractivity contribution in [1.82, 2.24) is 5.32 Å². The molecule has 0 aliphatic carbocycles. The Balaban J connectivity index is 1.96. The molecule has 1 N–H and O–H groups in total. The van der Waals surface area contributed by atoms with E-state index in [4.69, 9.17) is 9.15 Å². The standard InChI is InChI=1S/C21H13NO4/c1-25-12-7-8-15-14(9-12)17-16(26-15)10-13(11-5-3-2-4-6-11)18-19(17)21(24)22-20(18)23/h2-10H,1H3,(H,22,23,24). The van der Waals surface area contributed by atoms with Crippen LogP contribution in [0, 0.1) is 0 Å². The molecule has 5 nitrogen and oxygen atoms in total. The van der Waals surface area contributed by atoms with Gasteiger partial charge in [0.1, 0.15) is 16.9 Å². The van der Waals surface area contributed by atoms with Crippen LogP contribution in [0.4, 0.5) is 0 Å². The van der Waals surface area contributed by atoms with Gasteiger partial charge >= 0.3 is 0 Å². The van der Waals surface area contributed by atoms with Crippen molar-refractivity contribution < 1.29 is 18.7 Å². The molecular weight excluding hydrogens is 330 g/mol. The first-order chi connectivity index (χ1) is 12.7. The highest BCUT2D eigenvalue weighted by Crippen LogP contribution is 2.41. The van der Waals surface area contributed by atoms with Crippen molar-refractivity contribution in [2.75, 3.05) is 7.11 Å². The van der Waals surface area contributed by atoms with Crippen LogP contribution in [0.15, 0.2) is 59.0 Å². The lowest BCUT2D eigenvalue weighted by molar-refractivity contribution is 0.0880. The summed E-state index contributed by atoms with van der Waals surface area (Å²) in [6, 6.07) is 16.8. The summed E-state index contributed by atoms with van der Waals surface area (Å²) in [4.78, 5) is 25.1. The van der Waals surface area contributed by atoms with E-state index in [-0.39, 0.29) is 5.91 Å². The minimum absolute atomic E-state index is 0.360. The second kappa shape index (κ2) is 5.20. The van der Waals surface area contributed by atoms with E-state index in [1.54, 1.807) is 19.2 Å². The highest BCUT2D eigenvalue weighted by atomic mass is 16.5. The Labute approximate surface area is 148 Å². The summed E-state index contributed by atoms with van der Waals surface area (Å²) in [6.07, 6.45) is 0. The van der Waals surface area contributed by atoms with Gasteiger partial charge in [-0.15, -0.1) is 0 Å². The van der Waals surface area contributed by atoms with Gasteiger partial charge in [0.05, 0.1) is 18.2 Å². The molecule has 2 heterocycles. The molecule has 0 saturated heterocycles. The van der Waals surface area contributed by atoms with Crippen LogP contribution in [0.2, 0.25) is 0 Å². The molecule has 0 saturated carbocycles. The number of rotatable bonds is 2. The van der Waals surface area contributed by atoms with Crippen LogP contribution >= 0.6 is 0 Å².